The van der Waals surface area contributed by atoms with Crippen LogP contribution < -0.4 is 5.32 Å². The SMILES string of the molecule is N#Cc1c(F)cccc1NC[C@H](O)c1ccc(Cl)cc1. The van der Waals surface area contributed by atoms with Gasteiger partial charge in [0.15, 0.2) is 0 Å². The van der Waals surface area contributed by atoms with Crippen molar-refractivity contribution in [3.63, 3.8) is 0 Å². The van der Waals surface area contributed by atoms with Crippen LogP contribution in [0.5, 0.6) is 0 Å². The van der Waals surface area contributed by atoms with E-state index in [1.165, 1.54) is 12.1 Å². The Kier molecular flexibility index (Phi) is 4.57. The van der Waals surface area contributed by atoms with Gasteiger partial charge in [0.1, 0.15) is 17.4 Å². The van der Waals surface area contributed by atoms with Gasteiger partial charge in [-0.05, 0) is 29.8 Å². The fraction of sp³-hybridized carbons (Fsp3) is 0.133. The van der Waals surface area contributed by atoms with Crippen molar-refractivity contribution < 1.29 is 9.50 Å². The summed E-state index contributed by atoms with van der Waals surface area (Å²) in [6.07, 6.45) is -0.776. The number of nitriles is 1. The van der Waals surface area contributed by atoms with Crippen LogP contribution >= 0.6 is 11.6 Å². The van der Waals surface area contributed by atoms with Crippen molar-refractivity contribution in [2.45, 2.75) is 6.10 Å². The molecule has 0 saturated heterocycles. The smallest absolute Gasteiger partial charge is 0.143 e. The van der Waals surface area contributed by atoms with Crippen LogP contribution in [-0.4, -0.2) is 11.7 Å². The molecule has 2 rings (SSSR count). The van der Waals surface area contributed by atoms with E-state index in [0.29, 0.717) is 16.3 Å². The summed E-state index contributed by atoms with van der Waals surface area (Å²) in [5, 5.41) is 22.4. The highest BCUT2D eigenvalue weighted by molar-refractivity contribution is 6.30. The van der Waals surface area contributed by atoms with Crippen molar-refractivity contribution in [1.29, 1.82) is 5.26 Å². The maximum atomic E-state index is 13.4. The normalized spacial score (nSPS) is 11.7. The van der Waals surface area contributed by atoms with Crippen molar-refractivity contribution in [3.8, 4) is 6.07 Å². The molecule has 0 aliphatic carbocycles. The lowest BCUT2D eigenvalue weighted by molar-refractivity contribution is 0.191. The number of aliphatic hydroxyl groups excluding tert-OH is 1. The number of hydrogen-bond acceptors (Lipinski definition) is 3. The number of aliphatic hydroxyl groups is 1. The Balaban J connectivity index is 2.07. The Bertz CT molecular complexity index is 637. The summed E-state index contributed by atoms with van der Waals surface area (Å²) in [6, 6.07) is 12.9. The van der Waals surface area contributed by atoms with Crippen LogP contribution in [0, 0.1) is 17.1 Å². The third-order valence-corrected chi connectivity index (χ3v) is 3.12. The van der Waals surface area contributed by atoms with Crippen LogP contribution in [-0.2, 0) is 0 Å². The summed E-state index contributed by atoms with van der Waals surface area (Å²) in [4.78, 5) is 0. The van der Waals surface area contributed by atoms with E-state index in [2.05, 4.69) is 5.32 Å². The summed E-state index contributed by atoms with van der Waals surface area (Å²) >= 11 is 5.77. The Labute approximate surface area is 121 Å². The van der Waals surface area contributed by atoms with Crippen LogP contribution in [0.3, 0.4) is 0 Å². The highest BCUT2D eigenvalue weighted by atomic mass is 35.5. The molecule has 2 N–H and O–H groups in total. The number of rotatable bonds is 4. The first-order valence-corrected chi connectivity index (χ1v) is 6.35. The molecule has 5 heteroatoms. The lowest BCUT2D eigenvalue weighted by atomic mass is 10.1. The largest absolute Gasteiger partial charge is 0.387 e. The van der Waals surface area contributed by atoms with E-state index >= 15 is 0 Å². The summed E-state index contributed by atoms with van der Waals surface area (Å²) in [7, 11) is 0. The number of nitrogens with one attached hydrogen (secondary N) is 1. The Morgan fingerprint density at radius 2 is 1.95 bits per heavy atom. The molecule has 20 heavy (non-hydrogen) atoms. The van der Waals surface area contributed by atoms with Crippen LogP contribution in [0.1, 0.15) is 17.2 Å². The van der Waals surface area contributed by atoms with Gasteiger partial charge in [0.25, 0.3) is 0 Å². The van der Waals surface area contributed by atoms with Crippen LogP contribution in [0.2, 0.25) is 5.02 Å². The zero-order chi connectivity index (χ0) is 14.5. The Hall–Kier alpha value is -2.09. The Morgan fingerprint density at radius 1 is 1.25 bits per heavy atom. The quantitative estimate of drug-likeness (QED) is 0.906. The summed E-state index contributed by atoms with van der Waals surface area (Å²) in [6.45, 7) is 0.166. The first kappa shape index (κ1) is 14.3. The molecule has 3 nitrogen and oxygen atoms in total. The fourth-order valence-corrected chi connectivity index (χ4v) is 1.92. The van der Waals surface area contributed by atoms with E-state index in [1.807, 2.05) is 0 Å². The second-order valence-corrected chi connectivity index (χ2v) is 4.66. The van der Waals surface area contributed by atoms with Gasteiger partial charge in [0.2, 0.25) is 0 Å². The average molecular weight is 291 g/mol. The minimum absolute atomic E-state index is 0.0594. The highest BCUT2D eigenvalue weighted by Crippen LogP contribution is 2.20. The lowest BCUT2D eigenvalue weighted by Crippen LogP contribution is -2.13. The van der Waals surface area contributed by atoms with Gasteiger partial charge in [-0.15, -0.1) is 0 Å². The fourth-order valence-electron chi connectivity index (χ4n) is 1.79. The van der Waals surface area contributed by atoms with Gasteiger partial charge in [0.05, 0.1) is 11.8 Å². The van der Waals surface area contributed by atoms with Crippen molar-refractivity contribution in [2.75, 3.05) is 11.9 Å². The number of nitrogens with zero attached hydrogens (tertiary/aromatic N) is 1. The molecule has 0 bridgehead atoms. The standard InChI is InChI=1S/C15H12ClFN2O/c16-11-6-4-10(5-7-11)15(20)9-19-14-3-1-2-13(17)12(14)8-18/h1-7,15,19-20H,9H2/t15-/m0/s1. The molecular weight excluding hydrogens is 279 g/mol. The third-order valence-electron chi connectivity index (χ3n) is 2.87. The van der Waals surface area contributed by atoms with Crippen LogP contribution in [0.15, 0.2) is 42.5 Å². The molecule has 2 aromatic carbocycles. The van der Waals surface area contributed by atoms with Gasteiger partial charge in [0, 0.05) is 11.6 Å². The van der Waals surface area contributed by atoms with E-state index in [-0.39, 0.29) is 12.1 Å². The minimum atomic E-state index is -0.776. The maximum Gasteiger partial charge on any atom is 0.143 e. The predicted octanol–water partition coefficient (Wildman–Crippen LogP) is 3.50. The molecule has 0 fully saturated rings. The molecule has 2 aromatic rings. The number of halogens is 2. The van der Waals surface area contributed by atoms with Gasteiger partial charge in [-0.3, -0.25) is 0 Å². The van der Waals surface area contributed by atoms with E-state index < -0.39 is 11.9 Å². The summed E-state index contributed by atoms with van der Waals surface area (Å²) < 4.78 is 13.4. The van der Waals surface area contributed by atoms with E-state index in [9.17, 15) is 9.50 Å². The first-order valence-electron chi connectivity index (χ1n) is 5.98. The highest BCUT2D eigenvalue weighted by Gasteiger charge is 2.11. The van der Waals surface area contributed by atoms with Crippen molar-refractivity contribution in [1.82, 2.24) is 0 Å². The molecule has 102 valence electrons. The molecule has 0 amide bonds. The molecule has 0 aliphatic rings. The Morgan fingerprint density at radius 3 is 2.60 bits per heavy atom. The number of anilines is 1. The van der Waals surface area contributed by atoms with Crippen LogP contribution in [0.4, 0.5) is 10.1 Å². The molecule has 0 aromatic heterocycles. The molecular formula is C15H12ClFN2O. The first-order chi connectivity index (χ1) is 9.61. The zero-order valence-corrected chi connectivity index (χ0v) is 11.2. The zero-order valence-electron chi connectivity index (χ0n) is 10.5. The molecule has 0 unspecified atom stereocenters. The van der Waals surface area contributed by atoms with Gasteiger partial charge >= 0.3 is 0 Å². The second kappa shape index (κ2) is 6.38. The minimum Gasteiger partial charge on any atom is -0.387 e. The predicted molar refractivity (Wildman–Crippen MR) is 76.0 cm³/mol. The molecule has 1 atom stereocenters. The van der Waals surface area contributed by atoms with Gasteiger partial charge in [-0.1, -0.05) is 29.8 Å². The molecule has 0 saturated carbocycles. The average Bonchev–Trinajstić information content (AvgIpc) is 2.45. The number of hydrogen-bond donors (Lipinski definition) is 2. The van der Waals surface area contributed by atoms with Gasteiger partial charge < -0.3 is 10.4 Å². The van der Waals surface area contributed by atoms with Gasteiger partial charge in [-0.25, -0.2) is 4.39 Å². The van der Waals surface area contributed by atoms with Crippen LogP contribution in [0.25, 0.3) is 0 Å². The lowest BCUT2D eigenvalue weighted by Gasteiger charge is -2.14. The monoisotopic (exact) mass is 290 g/mol. The van der Waals surface area contributed by atoms with Crippen molar-refractivity contribution >= 4 is 17.3 Å². The molecule has 0 aliphatic heterocycles. The third kappa shape index (κ3) is 3.27. The summed E-state index contributed by atoms with van der Waals surface area (Å²) in [5.74, 6) is -0.585. The summed E-state index contributed by atoms with van der Waals surface area (Å²) in [5.41, 5.74) is 0.994. The van der Waals surface area contributed by atoms with E-state index in [4.69, 9.17) is 16.9 Å². The number of benzene rings is 2. The van der Waals surface area contributed by atoms with Gasteiger partial charge in [-0.2, -0.15) is 5.26 Å². The molecule has 0 radical (unpaired) electrons. The van der Waals surface area contributed by atoms with Crippen molar-refractivity contribution in [3.05, 3.63) is 64.4 Å². The van der Waals surface area contributed by atoms with E-state index in [1.54, 1.807) is 36.4 Å². The maximum absolute atomic E-state index is 13.4. The molecule has 0 heterocycles. The topological polar surface area (TPSA) is 56.0 Å². The van der Waals surface area contributed by atoms with Crippen molar-refractivity contribution in [2.24, 2.45) is 0 Å². The van der Waals surface area contributed by atoms with E-state index in [0.717, 1.165) is 0 Å². The second-order valence-electron chi connectivity index (χ2n) is 4.22. The molecule has 0 spiro atoms.